The molecular formula is C10H10N4O5. The predicted molar refractivity (Wildman–Crippen MR) is 58.5 cm³/mol. The summed E-state index contributed by atoms with van der Waals surface area (Å²) in [7, 11) is 0. The molecule has 9 heteroatoms. The Morgan fingerprint density at radius 2 is 2.16 bits per heavy atom. The fourth-order valence-electron chi connectivity index (χ4n) is 1.30. The molecule has 2 N–H and O–H groups in total. The van der Waals surface area contributed by atoms with Crippen LogP contribution in [0.25, 0.3) is 0 Å². The highest BCUT2D eigenvalue weighted by Gasteiger charge is 2.16. The average molecular weight is 266 g/mol. The van der Waals surface area contributed by atoms with E-state index >= 15 is 0 Å². The molecule has 0 saturated heterocycles. The van der Waals surface area contributed by atoms with Gasteiger partial charge in [0.1, 0.15) is 0 Å². The first kappa shape index (κ1) is 12.7. The summed E-state index contributed by atoms with van der Waals surface area (Å²) in [6.45, 7) is 1.94. The summed E-state index contributed by atoms with van der Waals surface area (Å²) in [6, 6.07) is 1.05. The summed E-state index contributed by atoms with van der Waals surface area (Å²) in [6.07, 6.45) is 0.396. The van der Waals surface area contributed by atoms with E-state index in [-0.39, 0.29) is 18.0 Å². The normalized spacial score (nSPS) is 10.4. The number of aryl methyl sites for hydroxylation is 1. The lowest BCUT2D eigenvalue weighted by molar-refractivity contribution is 0.0651. The Hall–Kier alpha value is -2.71. The lowest BCUT2D eigenvalue weighted by Gasteiger charge is -1.98. The van der Waals surface area contributed by atoms with E-state index in [1.54, 1.807) is 6.92 Å². The van der Waals surface area contributed by atoms with Gasteiger partial charge in [0.05, 0.1) is 0 Å². The molecular weight excluding hydrogens is 256 g/mol. The van der Waals surface area contributed by atoms with Crippen molar-refractivity contribution in [3.63, 3.8) is 0 Å². The summed E-state index contributed by atoms with van der Waals surface area (Å²) in [5.41, 5.74) is -0.0957. The number of carboxylic acid groups (broad SMARTS) is 1. The summed E-state index contributed by atoms with van der Waals surface area (Å²) in [5, 5.41) is 18.2. The third kappa shape index (κ3) is 3.15. The molecule has 1 amide bonds. The van der Waals surface area contributed by atoms with Gasteiger partial charge in [-0.25, -0.2) is 4.79 Å². The van der Waals surface area contributed by atoms with Crippen molar-refractivity contribution in [3.8, 4) is 0 Å². The Morgan fingerprint density at radius 3 is 2.74 bits per heavy atom. The van der Waals surface area contributed by atoms with Gasteiger partial charge >= 0.3 is 5.97 Å². The van der Waals surface area contributed by atoms with E-state index in [2.05, 4.69) is 25.1 Å². The maximum atomic E-state index is 11.6. The third-order valence-corrected chi connectivity index (χ3v) is 2.16. The minimum Gasteiger partial charge on any atom is -0.475 e. The number of amides is 1. The minimum atomic E-state index is -1.28. The Balaban J connectivity index is 1.85. The van der Waals surface area contributed by atoms with Gasteiger partial charge in [0.15, 0.2) is 11.5 Å². The molecule has 0 aliphatic carbocycles. The fourth-order valence-corrected chi connectivity index (χ4v) is 1.30. The van der Waals surface area contributed by atoms with Crippen LogP contribution in [-0.2, 0) is 6.42 Å². The second-order valence-electron chi connectivity index (χ2n) is 3.62. The number of carboxylic acids is 1. The number of aromatic carboxylic acids is 1. The molecule has 0 aliphatic heterocycles. The van der Waals surface area contributed by atoms with Crippen molar-refractivity contribution in [2.45, 2.75) is 13.3 Å². The molecule has 9 nitrogen and oxygen atoms in total. The standard InChI is InChI=1S/C10H10N4O5/c1-5-12-8(14-18-5)2-3-11-9(15)6-4-7(10(16)17)19-13-6/h4H,2-3H2,1H3,(H,11,15)(H,16,17). The van der Waals surface area contributed by atoms with Gasteiger partial charge in [0.25, 0.3) is 5.91 Å². The Kier molecular flexibility index (Phi) is 3.55. The highest BCUT2D eigenvalue weighted by molar-refractivity contribution is 5.94. The molecule has 0 unspecified atom stereocenters. The number of nitrogens with zero attached hydrogens (tertiary/aromatic N) is 3. The average Bonchev–Trinajstić information content (AvgIpc) is 2.98. The maximum Gasteiger partial charge on any atom is 0.374 e. The minimum absolute atomic E-state index is 0.0957. The first-order chi connectivity index (χ1) is 9.06. The first-order valence-electron chi connectivity index (χ1n) is 5.33. The molecule has 2 aromatic heterocycles. The van der Waals surface area contributed by atoms with Crippen molar-refractivity contribution in [1.29, 1.82) is 0 Å². The van der Waals surface area contributed by atoms with Crippen LogP contribution in [0.5, 0.6) is 0 Å². The largest absolute Gasteiger partial charge is 0.475 e. The molecule has 2 heterocycles. The van der Waals surface area contributed by atoms with Gasteiger partial charge in [0, 0.05) is 26.0 Å². The zero-order valence-corrected chi connectivity index (χ0v) is 9.91. The highest BCUT2D eigenvalue weighted by Crippen LogP contribution is 2.03. The zero-order chi connectivity index (χ0) is 13.8. The van der Waals surface area contributed by atoms with Crippen molar-refractivity contribution in [1.82, 2.24) is 20.6 Å². The summed E-state index contributed by atoms with van der Waals surface area (Å²) < 4.78 is 9.24. The number of carbonyl (C=O) groups excluding carboxylic acids is 1. The smallest absolute Gasteiger partial charge is 0.374 e. The predicted octanol–water partition coefficient (Wildman–Crippen LogP) is 0.0367. The molecule has 0 bridgehead atoms. The lowest BCUT2D eigenvalue weighted by atomic mass is 10.3. The number of hydrogen-bond donors (Lipinski definition) is 2. The van der Waals surface area contributed by atoms with E-state index in [1.165, 1.54) is 0 Å². The SMILES string of the molecule is Cc1nc(CCNC(=O)c2cc(C(=O)O)on2)no1. The van der Waals surface area contributed by atoms with Crippen LogP contribution in [-0.4, -0.2) is 38.8 Å². The van der Waals surface area contributed by atoms with Crippen molar-refractivity contribution in [2.24, 2.45) is 0 Å². The molecule has 0 aliphatic rings. The number of hydrogen-bond acceptors (Lipinski definition) is 7. The highest BCUT2D eigenvalue weighted by atomic mass is 16.5. The molecule has 2 aromatic rings. The topological polar surface area (TPSA) is 131 Å². The van der Waals surface area contributed by atoms with Crippen LogP contribution in [0.15, 0.2) is 15.1 Å². The molecule has 100 valence electrons. The zero-order valence-electron chi connectivity index (χ0n) is 9.91. The van der Waals surface area contributed by atoms with E-state index in [0.717, 1.165) is 6.07 Å². The van der Waals surface area contributed by atoms with E-state index in [0.29, 0.717) is 18.1 Å². The Morgan fingerprint density at radius 1 is 1.37 bits per heavy atom. The molecule has 0 spiro atoms. The molecule has 0 atom stereocenters. The van der Waals surface area contributed by atoms with E-state index in [9.17, 15) is 9.59 Å². The number of nitrogens with one attached hydrogen (secondary N) is 1. The van der Waals surface area contributed by atoms with Crippen LogP contribution in [0.2, 0.25) is 0 Å². The van der Waals surface area contributed by atoms with Crippen LogP contribution in [0.3, 0.4) is 0 Å². The van der Waals surface area contributed by atoms with Gasteiger partial charge in [-0.1, -0.05) is 10.3 Å². The third-order valence-electron chi connectivity index (χ3n) is 2.16. The van der Waals surface area contributed by atoms with Gasteiger partial charge in [0.2, 0.25) is 11.7 Å². The number of carbonyl (C=O) groups is 2. The number of rotatable bonds is 5. The summed E-state index contributed by atoms with van der Waals surface area (Å²) >= 11 is 0. The van der Waals surface area contributed by atoms with Gasteiger partial charge in [-0.3, -0.25) is 4.79 Å². The Labute approximate surface area is 106 Å². The van der Waals surface area contributed by atoms with Gasteiger partial charge in [-0.15, -0.1) is 0 Å². The van der Waals surface area contributed by atoms with Crippen LogP contribution >= 0.6 is 0 Å². The van der Waals surface area contributed by atoms with Crippen LogP contribution < -0.4 is 5.32 Å². The second kappa shape index (κ2) is 5.29. The molecule has 0 fully saturated rings. The van der Waals surface area contributed by atoms with Gasteiger partial charge in [-0.05, 0) is 0 Å². The van der Waals surface area contributed by atoms with Crippen molar-refractivity contribution in [3.05, 3.63) is 29.2 Å². The van der Waals surface area contributed by atoms with Crippen LogP contribution in [0.1, 0.15) is 32.8 Å². The van der Waals surface area contributed by atoms with Crippen molar-refractivity contribution in [2.75, 3.05) is 6.54 Å². The fraction of sp³-hybridized carbons (Fsp3) is 0.300. The maximum absolute atomic E-state index is 11.6. The van der Waals surface area contributed by atoms with E-state index < -0.39 is 11.9 Å². The first-order valence-corrected chi connectivity index (χ1v) is 5.33. The van der Waals surface area contributed by atoms with E-state index in [4.69, 9.17) is 9.63 Å². The lowest BCUT2D eigenvalue weighted by Crippen LogP contribution is -2.26. The second-order valence-corrected chi connectivity index (χ2v) is 3.62. The molecule has 0 radical (unpaired) electrons. The van der Waals surface area contributed by atoms with Crippen molar-refractivity contribution < 1.29 is 23.7 Å². The van der Waals surface area contributed by atoms with E-state index in [1.807, 2.05) is 0 Å². The monoisotopic (exact) mass is 266 g/mol. The summed E-state index contributed by atoms with van der Waals surface area (Å²) in [5.74, 6) is -1.28. The molecule has 0 aromatic carbocycles. The van der Waals surface area contributed by atoms with Crippen LogP contribution in [0.4, 0.5) is 0 Å². The molecule has 2 rings (SSSR count). The van der Waals surface area contributed by atoms with Crippen molar-refractivity contribution >= 4 is 11.9 Å². The summed E-state index contributed by atoms with van der Waals surface area (Å²) in [4.78, 5) is 26.1. The number of aromatic nitrogens is 3. The van der Waals surface area contributed by atoms with Gasteiger partial charge < -0.3 is 19.5 Å². The quantitative estimate of drug-likeness (QED) is 0.775. The van der Waals surface area contributed by atoms with Gasteiger partial charge in [-0.2, -0.15) is 4.98 Å². The molecule has 0 saturated carbocycles. The Bertz CT molecular complexity index is 603. The van der Waals surface area contributed by atoms with Crippen LogP contribution in [0, 0.1) is 6.92 Å². The molecule has 19 heavy (non-hydrogen) atoms.